The first-order chi connectivity index (χ1) is 10.6. The van der Waals surface area contributed by atoms with Gasteiger partial charge in [-0.1, -0.05) is 0 Å². The number of aryl methyl sites for hydroxylation is 2. The molecule has 5 nitrogen and oxygen atoms in total. The highest BCUT2D eigenvalue weighted by Gasteiger charge is 2.14. The van der Waals surface area contributed by atoms with Gasteiger partial charge in [-0.05, 0) is 44.0 Å². The fourth-order valence-corrected chi connectivity index (χ4v) is 2.82. The molecule has 2 aromatic rings. The van der Waals surface area contributed by atoms with Crippen molar-refractivity contribution in [2.75, 3.05) is 23.3 Å². The molecule has 1 amide bonds. The minimum atomic E-state index is -0.0897. The topological polar surface area (TPSA) is 58.4 Å². The van der Waals surface area contributed by atoms with Crippen molar-refractivity contribution in [3.8, 4) is 0 Å². The van der Waals surface area contributed by atoms with E-state index in [9.17, 15) is 4.79 Å². The number of carbonyl (C=O) groups excluding carboxylic acids is 1. The van der Waals surface area contributed by atoms with Crippen LogP contribution in [0.5, 0.6) is 0 Å². The summed E-state index contributed by atoms with van der Waals surface area (Å²) in [6, 6.07) is 8.02. The molecule has 2 heterocycles. The van der Waals surface area contributed by atoms with Crippen LogP contribution in [0.4, 0.5) is 11.4 Å². The Morgan fingerprint density at radius 2 is 1.91 bits per heavy atom. The van der Waals surface area contributed by atoms with Gasteiger partial charge in [-0.15, -0.1) is 0 Å². The van der Waals surface area contributed by atoms with Crippen LogP contribution in [0.15, 0.2) is 28.7 Å². The molecule has 0 unspecified atom stereocenters. The van der Waals surface area contributed by atoms with E-state index in [-0.39, 0.29) is 12.3 Å². The Bertz CT molecular complexity index is 655. The molecule has 0 atom stereocenters. The van der Waals surface area contributed by atoms with E-state index in [1.165, 1.54) is 18.5 Å². The first kappa shape index (κ1) is 14.6. The van der Waals surface area contributed by atoms with Gasteiger partial charge in [-0.3, -0.25) is 4.79 Å². The third-order valence-corrected chi connectivity index (χ3v) is 3.94. The minimum Gasteiger partial charge on any atom is -0.445 e. The van der Waals surface area contributed by atoms with Crippen molar-refractivity contribution in [3.05, 3.63) is 41.6 Å². The number of rotatable bonds is 4. The summed E-state index contributed by atoms with van der Waals surface area (Å²) < 4.78 is 5.43. The number of aromatic nitrogens is 1. The number of amides is 1. The minimum absolute atomic E-state index is 0.0897. The molecule has 22 heavy (non-hydrogen) atoms. The predicted octanol–water partition coefficient (Wildman–Crippen LogP) is 3.07. The standard InChI is InChI=1S/C17H21N3O2/c1-12-16(22-13(2)18-12)11-17(21)19-14-5-7-15(8-6-14)20-9-3-4-10-20/h5-8H,3-4,9-11H2,1-2H3,(H,19,21). The van der Waals surface area contributed by atoms with E-state index >= 15 is 0 Å². The van der Waals surface area contributed by atoms with Crippen LogP contribution in [0, 0.1) is 13.8 Å². The van der Waals surface area contributed by atoms with Gasteiger partial charge >= 0.3 is 0 Å². The average molecular weight is 299 g/mol. The lowest BCUT2D eigenvalue weighted by atomic mass is 10.2. The van der Waals surface area contributed by atoms with Crippen LogP contribution < -0.4 is 10.2 Å². The fourth-order valence-electron chi connectivity index (χ4n) is 2.82. The van der Waals surface area contributed by atoms with Gasteiger partial charge in [0.05, 0.1) is 12.1 Å². The molecule has 0 saturated carbocycles. The number of nitrogens with zero attached hydrogens (tertiary/aromatic N) is 2. The molecule has 1 N–H and O–H groups in total. The van der Waals surface area contributed by atoms with Crippen LogP contribution in [0.3, 0.4) is 0 Å². The zero-order chi connectivity index (χ0) is 15.5. The molecule has 1 aromatic carbocycles. The lowest BCUT2D eigenvalue weighted by molar-refractivity contribution is -0.115. The molecule has 116 valence electrons. The third kappa shape index (κ3) is 3.30. The second-order valence-electron chi connectivity index (χ2n) is 5.71. The summed E-state index contributed by atoms with van der Waals surface area (Å²) in [6.07, 6.45) is 2.73. The molecule has 0 radical (unpaired) electrons. The maximum Gasteiger partial charge on any atom is 0.232 e. The first-order valence-corrected chi connectivity index (χ1v) is 7.69. The van der Waals surface area contributed by atoms with Crippen LogP contribution in [-0.4, -0.2) is 24.0 Å². The van der Waals surface area contributed by atoms with E-state index in [1.54, 1.807) is 6.92 Å². The fraction of sp³-hybridized carbons (Fsp3) is 0.412. The molecular weight excluding hydrogens is 278 g/mol. The summed E-state index contributed by atoms with van der Waals surface area (Å²) in [5.41, 5.74) is 2.80. The number of anilines is 2. The molecule has 1 fully saturated rings. The molecule has 1 saturated heterocycles. The van der Waals surface area contributed by atoms with Gasteiger partial charge < -0.3 is 14.6 Å². The van der Waals surface area contributed by atoms with Gasteiger partial charge in [0.25, 0.3) is 0 Å². The summed E-state index contributed by atoms with van der Waals surface area (Å²) in [7, 11) is 0. The number of oxazole rings is 1. The van der Waals surface area contributed by atoms with Crippen molar-refractivity contribution in [1.82, 2.24) is 4.98 Å². The Kier molecular flexibility index (Phi) is 4.13. The van der Waals surface area contributed by atoms with Crippen LogP contribution >= 0.6 is 0 Å². The average Bonchev–Trinajstić information content (AvgIpc) is 3.10. The maximum absolute atomic E-state index is 12.1. The second-order valence-corrected chi connectivity index (χ2v) is 5.71. The molecule has 3 rings (SSSR count). The Hall–Kier alpha value is -2.30. The smallest absolute Gasteiger partial charge is 0.232 e. The van der Waals surface area contributed by atoms with Gasteiger partial charge in [0.1, 0.15) is 5.76 Å². The lowest BCUT2D eigenvalue weighted by Crippen LogP contribution is -2.18. The molecule has 0 aliphatic carbocycles. The van der Waals surface area contributed by atoms with Crippen molar-refractivity contribution in [2.24, 2.45) is 0 Å². The molecule has 1 aliphatic heterocycles. The third-order valence-electron chi connectivity index (χ3n) is 3.94. The van der Waals surface area contributed by atoms with Crippen molar-refractivity contribution >= 4 is 17.3 Å². The molecule has 0 spiro atoms. The largest absolute Gasteiger partial charge is 0.445 e. The summed E-state index contributed by atoms with van der Waals surface area (Å²) in [5, 5.41) is 2.90. The van der Waals surface area contributed by atoms with Crippen LogP contribution in [0.2, 0.25) is 0 Å². The Labute approximate surface area is 130 Å². The van der Waals surface area contributed by atoms with Gasteiger partial charge in [0.2, 0.25) is 5.91 Å². The number of benzene rings is 1. The summed E-state index contributed by atoms with van der Waals surface area (Å²) in [5.74, 6) is 1.13. The van der Waals surface area contributed by atoms with Crippen LogP contribution in [0.25, 0.3) is 0 Å². The van der Waals surface area contributed by atoms with Crippen LogP contribution in [-0.2, 0) is 11.2 Å². The second kappa shape index (κ2) is 6.22. The zero-order valence-electron chi connectivity index (χ0n) is 13.1. The number of hydrogen-bond acceptors (Lipinski definition) is 4. The lowest BCUT2D eigenvalue weighted by Gasteiger charge is -2.17. The number of carbonyl (C=O) groups is 1. The van der Waals surface area contributed by atoms with E-state index < -0.39 is 0 Å². The summed E-state index contributed by atoms with van der Waals surface area (Å²) in [6.45, 7) is 5.88. The predicted molar refractivity (Wildman–Crippen MR) is 86.2 cm³/mol. The SMILES string of the molecule is Cc1nc(C)c(CC(=O)Nc2ccc(N3CCCC3)cc2)o1. The van der Waals surface area contributed by atoms with E-state index in [0.29, 0.717) is 11.7 Å². The number of nitrogens with one attached hydrogen (secondary N) is 1. The molecule has 0 bridgehead atoms. The summed E-state index contributed by atoms with van der Waals surface area (Å²) in [4.78, 5) is 18.6. The van der Waals surface area contributed by atoms with E-state index in [0.717, 1.165) is 24.5 Å². The highest BCUT2D eigenvalue weighted by Crippen LogP contribution is 2.22. The highest BCUT2D eigenvalue weighted by molar-refractivity contribution is 5.92. The summed E-state index contributed by atoms with van der Waals surface area (Å²) >= 11 is 0. The van der Waals surface area contributed by atoms with Crippen molar-refractivity contribution in [2.45, 2.75) is 33.1 Å². The van der Waals surface area contributed by atoms with Crippen molar-refractivity contribution in [1.29, 1.82) is 0 Å². The van der Waals surface area contributed by atoms with Gasteiger partial charge in [-0.2, -0.15) is 0 Å². The molecule has 1 aromatic heterocycles. The maximum atomic E-state index is 12.1. The Morgan fingerprint density at radius 3 is 2.50 bits per heavy atom. The Balaban J connectivity index is 1.60. The van der Waals surface area contributed by atoms with Crippen molar-refractivity contribution in [3.63, 3.8) is 0 Å². The first-order valence-electron chi connectivity index (χ1n) is 7.69. The zero-order valence-corrected chi connectivity index (χ0v) is 13.1. The Morgan fingerprint density at radius 1 is 1.23 bits per heavy atom. The van der Waals surface area contributed by atoms with E-state index in [1.807, 2.05) is 19.1 Å². The van der Waals surface area contributed by atoms with Crippen LogP contribution in [0.1, 0.15) is 30.2 Å². The molecular formula is C17H21N3O2. The molecule has 1 aliphatic rings. The van der Waals surface area contributed by atoms with Crippen molar-refractivity contribution < 1.29 is 9.21 Å². The molecule has 5 heteroatoms. The van der Waals surface area contributed by atoms with Gasteiger partial charge in [0.15, 0.2) is 5.89 Å². The number of hydrogen-bond donors (Lipinski definition) is 1. The van der Waals surface area contributed by atoms with Gasteiger partial charge in [0, 0.05) is 31.4 Å². The normalized spacial score (nSPS) is 14.4. The van der Waals surface area contributed by atoms with E-state index in [4.69, 9.17) is 4.42 Å². The monoisotopic (exact) mass is 299 g/mol. The van der Waals surface area contributed by atoms with Gasteiger partial charge in [-0.25, -0.2) is 4.98 Å². The van der Waals surface area contributed by atoms with E-state index in [2.05, 4.69) is 27.3 Å². The highest BCUT2D eigenvalue weighted by atomic mass is 16.4. The quantitative estimate of drug-likeness (QED) is 0.942.